The summed E-state index contributed by atoms with van der Waals surface area (Å²) in [5, 5.41) is 6.49. The third-order valence-electron chi connectivity index (χ3n) is 3.65. The predicted octanol–water partition coefficient (Wildman–Crippen LogP) is 2.78. The second-order valence-corrected chi connectivity index (χ2v) is 6.36. The van der Waals surface area contributed by atoms with Gasteiger partial charge >= 0.3 is 0 Å². The molecule has 0 radical (unpaired) electrons. The zero-order valence-corrected chi connectivity index (χ0v) is 15.3. The van der Waals surface area contributed by atoms with Gasteiger partial charge in [-0.1, -0.05) is 32.0 Å². The smallest absolute Gasteiger partial charge is 0.191 e. The lowest BCUT2D eigenvalue weighted by Crippen LogP contribution is -2.46. The van der Waals surface area contributed by atoms with Gasteiger partial charge in [0, 0.05) is 20.7 Å². The van der Waals surface area contributed by atoms with Gasteiger partial charge in [0.15, 0.2) is 5.96 Å². The second-order valence-electron chi connectivity index (χ2n) is 6.36. The van der Waals surface area contributed by atoms with Crippen LogP contribution in [0.1, 0.15) is 39.2 Å². The van der Waals surface area contributed by atoms with E-state index in [0.29, 0.717) is 25.6 Å². The zero-order valence-electron chi connectivity index (χ0n) is 15.3. The van der Waals surface area contributed by atoms with E-state index in [1.807, 2.05) is 32.0 Å². The standard InChI is InChI=1S/C18H31N3O2/c1-14(2)15-9-7-8-10-16(15)23-12-11-20-17(19-5)21-13-18(3,4)22-6/h7-10,14H,11-13H2,1-6H3,(H2,19,20,21). The quantitative estimate of drug-likeness (QED) is 0.439. The van der Waals surface area contributed by atoms with E-state index >= 15 is 0 Å². The van der Waals surface area contributed by atoms with Gasteiger partial charge in [-0.25, -0.2) is 0 Å². The summed E-state index contributed by atoms with van der Waals surface area (Å²) >= 11 is 0. The normalized spacial score (nSPS) is 12.4. The molecular formula is C18H31N3O2. The van der Waals surface area contributed by atoms with E-state index in [9.17, 15) is 0 Å². The van der Waals surface area contributed by atoms with Crippen molar-refractivity contribution in [3.05, 3.63) is 29.8 Å². The number of aliphatic imine (C=N–C) groups is 1. The molecule has 5 nitrogen and oxygen atoms in total. The lowest BCUT2D eigenvalue weighted by Gasteiger charge is -2.24. The average Bonchev–Trinajstić information content (AvgIpc) is 2.54. The molecule has 23 heavy (non-hydrogen) atoms. The molecule has 0 spiro atoms. The number of ether oxygens (including phenoxy) is 2. The van der Waals surface area contributed by atoms with Crippen LogP contribution in [0.25, 0.3) is 0 Å². The van der Waals surface area contributed by atoms with Gasteiger partial charge in [-0.2, -0.15) is 0 Å². The van der Waals surface area contributed by atoms with Crippen molar-refractivity contribution in [2.45, 2.75) is 39.2 Å². The Kier molecular flexibility index (Phi) is 7.89. The molecule has 0 amide bonds. The lowest BCUT2D eigenvalue weighted by molar-refractivity contribution is 0.0268. The number of guanidine groups is 1. The molecule has 0 unspecified atom stereocenters. The topological polar surface area (TPSA) is 54.9 Å². The molecule has 1 aromatic carbocycles. The fraction of sp³-hybridized carbons (Fsp3) is 0.611. The van der Waals surface area contributed by atoms with Crippen LogP contribution >= 0.6 is 0 Å². The lowest BCUT2D eigenvalue weighted by atomic mass is 10.0. The molecular weight excluding hydrogens is 290 g/mol. The molecule has 0 aliphatic heterocycles. The number of benzene rings is 1. The summed E-state index contributed by atoms with van der Waals surface area (Å²) < 4.78 is 11.3. The van der Waals surface area contributed by atoms with Crippen LogP contribution in [-0.4, -0.2) is 45.4 Å². The predicted molar refractivity (Wildman–Crippen MR) is 96.5 cm³/mol. The Morgan fingerprint density at radius 2 is 1.91 bits per heavy atom. The van der Waals surface area contributed by atoms with Gasteiger partial charge in [-0.05, 0) is 31.4 Å². The molecule has 130 valence electrons. The number of hydrogen-bond acceptors (Lipinski definition) is 3. The first-order chi connectivity index (χ1) is 10.9. The number of para-hydroxylation sites is 1. The molecule has 0 heterocycles. The van der Waals surface area contributed by atoms with Crippen LogP contribution in [0, 0.1) is 0 Å². The number of nitrogens with zero attached hydrogens (tertiary/aromatic N) is 1. The van der Waals surface area contributed by atoms with Gasteiger partial charge in [0.25, 0.3) is 0 Å². The maximum Gasteiger partial charge on any atom is 0.191 e. The van der Waals surface area contributed by atoms with Crippen LogP contribution in [0.2, 0.25) is 0 Å². The summed E-state index contributed by atoms with van der Waals surface area (Å²) in [5.74, 6) is 2.15. The fourth-order valence-corrected chi connectivity index (χ4v) is 2.01. The Balaban J connectivity index is 2.39. The minimum atomic E-state index is -0.232. The summed E-state index contributed by atoms with van der Waals surface area (Å²) in [6.07, 6.45) is 0. The summed E-state index contributed by atoms with van der Waals surface area (Å²) in [6.45, 7) is 10.3. The van der Waals surface area contributed by atoms with Crippen molar-refractivity contribution < 1.29 is 9.47 Å². The highest BCUT2D eigenvalue weighted by Crippen LogP contribution is 2.25. The Labute approximate surface area is 140 Å². The van der Waals surface area contributed by atoms with Gasteiger partial charge in [0.05, 0.1) is 12.1 Å². The number of rotatable bonds is 8. The molecule has 1 aromatic rings. The maximum absolute atomic E-state index is 5.89. The molecule has 2 N–H and O–H groups in total. The second kappa shape index (κ2) is 9.40. The highest BCUT2D eigenvalue weighted by molar-refractivity contribution is 5.79. The van der Waals surface area contributed by atoms with Gasteiger partial charge in [0.2, 0.25) is 0 Å². The van der Waals surface area contributed by atoms with Crippen molar-refractivity contribution in [3.63, 3.8) is 0 Å². The monoisotopic (exact) mass is 321 g/mol. The third-order valence-corrected chi connectivity index (χ3v) is 3.65. The molecule has 5 heteroatoms. The van der Waals surface area contributed by atoms with Crippen molar-refractivity contribution in [1.82, 2.24) is 10.6 Å². The van der Waals surface area contributed by atoms with E-state index in [4.69, 9.17) is 9.47 Å². The molecule has 0 bridgehead atoms. The third kappa shape index (κ3) is 6.91. The van der Waals surface area contributed by atoms with Crippen molar-refractivity contribution in [3.8, 4) is 5.75 Å². The summed E-state index contributed by atoms with van der Waals surface area (Å²) in [5.41, 5.74) is 1.00. The average molecular weight is 321 g/mol. The SMILES string of the molecule is CN=C(NCCOc1ccccc1C(C)C)NCC(C)(C)OC. The van der Waals surface area contributed by atoms with E-state index in [2.05, 4.69) is 35.5 Å². The Morgan fingerprint density at radius 3 is 2.52 bits per heavy atom. The maximum atomic E-state index is 5.89. The minimum Gasteiger partial charge on any atom is -0.491 e. The van der Waals surface area contributed by atoms with Crippen LogP contribution < -0.4 is 15.4 Å². The van der Waals surface area contributed by atoms with Gasteiger partial charge in [0.1, 0.15) is 12.4 Å². The van der Waals surface area contributed by atoms with E-state index in [1.54, 1.807) is 14.2 Å². The highest BCUT2D eigenvalue weighted by atomic mass is 16.5. The fourth-order valence-electron chi connectivity index (χ4n) is 2.01. The molecule has 1 rings (SSSR count). The van der Waals surface area contributed by atoms with Crippen LogP contribution in [-0.2, 0) is 4.74 Å². The summed E-state index contributed by atoms with van der Waals surface area (Å²) in [6, 6.07) is 8.18. The first-order valence-electron chi connectivity index (χ1n) is 8.11. The van der Waals surface area contributed by atoms with Crippen LogP contribution in [0.15, 0.2) is 29.3 Å². The summed E-state index contributed by atoms with van der Waals surface area (Å²) in [7, 11) is 3.46. The van der Waals surface area contributed by atoms with E-state index in [0.717, 1.165) is 11.7 Å². The van der Waals surface area contributed by atoms with Gasteiger partial charge < -0.3 is 20.1 Å². The Morgan fingerprint density at radius 1 is 1.22 bits per heavy atom. The van der Waals surface area contributed by atoms with Crippen molar-refractivity contribution in [1.29, 1.82) is 0 Å². The first-order valence-corrected chi connectivity index (χ1v) is 8.11. The molecule has 0 saturated carbocycles. The van der Waals surface area contributed by atoms with Crippen molar-refractivity contribution in [2.24, 2.45) is 4.99 Å². The van der Waals surface area contributed by atoms with Crippen molar-refractivity contribution in [2.75, 3.05) is 33.9 Å². The van der Waals surface area contributed by atoms with E-state index in [-0.39, 0.29) is 5.60 Å². The van der Waals surface area contributed by atoms with E-state index in [1.165, 1.54) is 5.56 Å². The van der Waals surface area contributed by atoms with Gasteiger partial charge in [-0.15, -0.1) is 0 Å². The Hall–Kier alpha value is -1.75. The number of nitrogens with one attached hydrogen (secondary N) is 2. The number of methoxy groups -OCH3 is 1. The van der Waals surface area contributed by atoms with Crippen molar-refractivity contribution >= 4 is 5.96 Å². The summed E-state index contributed by atoms with van der Waals surface area (Å²) in [4.78, 5) is 4.20. The Bertz CT molecular complexity index is 499. The van der Waals surface area contributed by atoms with E-state index < -0.39 is 0 Å². The molecule has 0 aliphatic rings. The molecule has 0 aromatic heterocycles. The highest BCUT2D eigenvalue weighted by Gasteiger charge is 2.16. The minimum absolute atomic E-state index is 0.232. The van der Waals surface area contributed by atoms with Crippen LogP contribution in [0.4, 0.5) is 0 Å². The van der Waals surface area contributed by atoms with Gasteiger partial charge in [-0.3, -0.25) is 4.99 Å². The molecule has 0 saturated heterocycles. The van der Waals surface area contributed by atoms with Crippen LogP contribution in [0.3, 0.4) is 0 Å². The molecule has 0 fully saturated rings. The van der Waals surface area contributed by atoms with Crippen LogP contribution in [0.5, 0.6) is 5.75 Å². The number of hydrogen-bond donors (Lipinski definition) is 2. The molecule has 0 atom stereocenters. The largest absolute Gasteiger partial charge is 0.491 e. The zero-order chi connectivity index (χ0) is 17.3. The first kappa shape index (κ1) is 19.3. The molecule has 0 aliphatic carbocycles.